The second-order valence-electron chi connectivity index (χ2n) is 5.35. The van der Waals surface area contributed by atoms with Gasteiger partial charge in [-0.05, 0) is 29.8 Å². The molecule has 0 fully saturated rings. The van der Waals surface area contributed by atoms with E-state index in [-0.39, 0.29) is 0 Å². The SMILES string of the molecule is CCOc1ccc2c(-c3csc(C(C)C)n3)cccc2c1. The molecule has 2 nitrogen and oxygen atoms in total. The molecule has 0 unspecified atom stereocenters. The third kappa shape index (κ3) is 2.79. The average Bonchev–Trinajstić information content (AvgIpc) is 2.96. The highest BCUT2D eigenvalue weighted by molar-refractivity contribution is 7.10. The third-order valence-corrected chi connectivity index (χ3v) is 4.60. The van der Waals surface area contributed by atoms with Gasteiger partial charge in [0.25, 0.3) is 0 Å². The molecular formula is C18H19NOS. The molecular weight excluding hydrogens is 278 g/mol. The summed E-state index contributed by atoms with van der Waals surface area (Å²) in [5, 5.41) is 5.76. The molecule has 1 aromatic heterocycles. The van der Waals surface area contributed by atoms with Crippen molar-refractivity contribution in [3.8, 4) is 17.0 Å². The van der Waals surface area contributed by atoms with E-state index in [0.29, 0.717) is 12.5 Å². The Morgan fingerprint density at radius 3 is 2.76 bits per heavy atom. The van der Waals surface area contributed by atoms with Gasteiger partial charge in [-0.25, -0.2) is 4.98 Å². The number of ether oxygens (including phenoxy) is 1. The van der Waals surface area contributed by atoms with E-state index in [1.165, 1.54) is 21.3 Å². The molecule has 21 heavy (non-hydrogen) atoms. The van der Waals surface area contributed by atoms with Crippen LogP contribution >= 0.6 is 11.3 Å². The van der Waals surface area contributed by atoms with Gasteiger partial charge in [0.2, 0.25) is 0 Å². The maximum absolute atomic E-state index is 5.58. The van der Waals surface area contributed by atoms with Crippen LogP contribution in [0.4, 0.5) is 0 Å². The number of rotatable bonds is 4. The Balaban J connectivity index is 2.09. The second-order valence-corrected chi connectivity index (χ2v) is 6.24. The van der Waals surface area contributed by atoms with Crippen molar-refractivity contribution in [3.05, 3.63) is 46.8 Å². The standard InChI is InChI=1S/C18H19NOS/c1-4-20-14-8-9-15-13(10-14)6-5-7-16(15)17-11-21-18(19-17)12(2)3/h5-12H,4H2,1-3H3. The fourth-order valence-electron chi connectivity index (χ4n) is 2.42. The van der Waals surface area contributed by atoms with Gasteiger partial charge in [-0.2, -0.15) is 0 Å². The fraction of sp³-hybridized carbons (Fsp3) is 0.278. The number of fused-ring (bicyclic) bond motifs is 1. The van der Waals surface area contributed by atoms with E-state index < -0.39 is 0 Å². The first-order valence-corrected chi connectivity index (χ1v) is 8.18. The molecule has 0 aliphatic carbocycles. The Hall–Kier alpha value is -1.87. The Morgan fingerprint density at radius 2 is 2.05 bits per heavy atom. The topological polar surface area (TPSA) is 22.1 Å². The van der Waals surface area contributed by atoms with Crippen LogP contribution in [0.5, 0.6) is 5.75 Å². The summed E-state index contributed by atoms with van der Waals surface area (Å²) in [7, 11) is 0. The number of hydrogen-bond acceptors (Lipinski definition) is 3. The molecule has 0 amide bonds. The van der Waals surface area contributed by atoms with E-state index in [2.05, 4.69) is 49.6 Å². The molecule has 0 atom stereocenters. The maximum atomic E-state index is 5.58. The highest BCUT2D eigenvalue weighted by atomic mass is 32.1. The Labute approximate surface area is 129 Å². The van der Waals surface area contributed by atoms with Crippen molar-refractivity contribution in [2.75, 3.05) is 6.61 Å². The van der Waals surface area contributed by atoms with Gasteiger partial charge >= 0.3 is 0 Å². The summed E-state index contributed by atoms with van der Waals surface area (Å²) in [5.41, 5.74) is 2.26. The van der Waals surface area contributed by atoms with Crippen LogP contribution < -0.4 is 4.74 Å². The van der Waals surface area contributed by atoms with Crippen LogP contribution in [0.25, 0.3) is 22.0 Å². The van der Waals surface area contributed by atoms with Gasteiger partial charge in [0.05, 0.1) is 17.3 Å². The lowest BCUT2D eigenvalue weighted by molar-refractivity contribution is 0.341. The molecule has 1 heterocycles. The molecule has 3 heteroatoms. The lowest BCUT2D eigenvalue weighted by Gasteiger charge is -2.07. The fourth-order valence-corrected chi connectivity index (χ4v) is 3.25. The van der Waals surface area contributed by atoms with Gasteiger partial charge in [0, 0.05) is 16.9 Å². The first-order chi connectivity index (χ1) is 10.2. The zero-order chi connectivity index (χ0) is 14.8. The molecule has 0 spiro atoms. The molecule has 3 aromatic rings. The summed E-state index contributed by atoms with van der Waals surface area (Å²) in [5.74, 6) is 1.39. The van der Waals surface area contributed by atoms with Gasteiger partial charge in [-0.15, -0.1) is 11.3 Å². The highest BCUT2D eigenvalue weighted by Gasteiger charge is 2.10. The number of nitrogens with zero attached hydrogens (tertiary/aromatic N) is 1. The first-order valence-electron chi connectivity index (χ1n) is 7.30. The van der Waals surface area contributed by atoms with Gasteiger partial charge < -0.3 is 4.74 Å². The predicted octanol–water partition coefficient (Wildman–Crippen LogP) is 5.49. The molecule has 108 valence electrons. The molecule has 0 aliphatic rings. The van der Waals surface area contributed by atoms with E-state index in [1.54, 1.807) is 11.3 Å². The van der Waals surface area contributed by atoms with Crippen molar-refractivity contribution in [2.45, 2.75) is 26.7 Å². The summed E-state index contributed by atoms with van der Waals surface area (Å²) >= 11 is 1.74. The molecule has 0 saturated carbocycles. The third-order valence-electron chi connectivity index (χ3n) is 3.45. The van der Waals surface area contributed by atoms with Crippen LogP contribution in [0.2, 0.25) is 0 Å². The highest BCUT2D eigenvalue weighted by Crippen LogP contribution is 2.32. The second kappa shape index (κ2) is 5.86. The molecule has 2 aromatic carbocycles. The molecule has 0 aliphatic heterocycles. The van der Waals surface area contributed by atoms with Crippen molar-refractivity contribution in [1.82, 2.24) is 4.98 Å². The van der Waals surface area contributed by atoms with E-state index in [9.17, 15) is 0 Å². The maximum Gasteiger partial charge on any atom is 0.119 e. The predicted molar refractivity (Wildman–Crippen MR) is 90.3 cm³/mol. The van der Waals surface area contributed by atoms with Gasteiger partial charge in [-0.3, -0.25) is 0 Å². The van der Waals surface area contributed by atoms with Crippen LogP contribution in [0, 0.1) is 0 Å². The van der Waals surface area contributed by atoms with E-state index in [4.69, 9.17) is 9.72 Å². The van der Waals surface area contributed by atoms with E-state index >= 15 is 0 Å². The Bertz CT molecular complexity index is 761. The average molecular weight is 297 g/mol. The quantitative estimate of drug-likeness (QED) is 0.635. The minimum atomic E-state index is 0.475. The molecule has 3 rings (SSSR count). The van der Waals surface area contributed by atoms with Crippen LogP contribution in [-0.2, 0) is 0 Å². The van der Waals surface area contributed by atoms with Crippen LogP contribution in [-0.4, -0.2) is 11.6 Å². The minimum absolute atomic E-state index is 0.475. The van der Waals surface area contributed by atoms with Crippen LogP contribution in [0.1, 0.15) is 31.7 Å². The van der Waals surface area contributed by atoms with E-state index in [0.717, 1.165) is 11.4 Å². The van der Waals surface area contributed by atoms with Crippen molar-refractivity contribution in [1.29, 1.82) is 0 Å². The summed E-state index contributed by atoms with van der Waals surface area (Å²) in [6.45, 7) is 7.05. The van der Waals surface area contributed by atoms with Gasteiger partial charge in [0.15, 0.2) is 0 Å². The van der Waals surface area contributed by atoms with Gasteiger partial charge in [0.1, 0.15) is 5.75 Å². The first kappa shape index (κ1) is 14.1. The van der Waals surface area contributed by atoms with Crippen LogP contribution in [0.15, 0.2) is 41.8 Å². The number of thiazole rings is 1. The van der Waals surface area contributed by atoms with Crippen molar-refractivity contribution in [2.24, 2.45) is 0 Å². The molecule has 0 bridgehead atoms. The molecule has 0 radical (unpaired) electrons. The van der Waals surface area contributed by atoms with E-state index in [1.807, 2.05) is 13.0 Å². The zero-order valence-electron chi connectivity index (χ0n) is 12.6. The van der Waals surface area contributed by atoms with Gasteiger partial charge in [-0.1, -0.05) is 38.1 Å². The van der Waals surface area contributed by atoms with Crippen LogP contribution in [0.3, 0.4) is 0 Å². The number of hydrogen-bond donors (Lipinski definition) is 0. The Morgan fingerprint density at radius 1 is 1.19 bits per heavy atom. The zero-order valence-corrected chi connectivity index (χ0v) is 13.4. The Kier molecular flexibility index (Phi) is 3.93. The largest absolute Gasteiger partial charge is 0.494 e. The van der Waals surface area contributed by atoms with Crippen molar-refractivity contribution >= 4 is 22.1 Å². The number of benzene rings is 2. The van der Waals surface area contributed by atoms with Crippen molar-refractivity contribution < 1.29 is 4.74 Å². The smallest absolute Gasteiger partial charge is 0.119 e. The molecule has 0 saturated heterocycles. The summed E-state index contributed by atoms with van der Waals surface area (Å²) < 4.78 is 5.58. The normalized spacial score (nSPS) is 11.2. The number of aromatic nitrogens is 1. The summed E-state index contributed by atoms with van der Waals surface area (Å²) in [6, 6.07) is 12.6. The molecule has 0 N–H and O–H groups in total. The lowest BCUT2D eigenvalue weighted by atomic mass is 10.0. The minimum Gasteiger partial charge on any atom is -0.494 e. The summed E-state index contributed by atoms with van der Waals surface area (Å²) in [4.78, 5) is 4.78. The van der Waals surface area contributed by atoms with Crippen molar-refractivity contribution in [3.63, 3.8) is 0 Å². The lowest BCUT2D eigenvalue weighted by Crippen LogP contribution is -1.91. The summed E-state index contributed by atoms with van der Waals surface area (Å²) in [6.07, 6.45) is 0. The monoisotopic (exact) mass is 297 g/mol.